The van der Waals surface area contributed by atoms with Gasteiger partial charge in [0.1, 0.15) is 0 Å². The summed E-state index contributed by atoms with van der Waals surface area (Å²) in [6.07, 6.45) is 1.72. The molecule has 0 unspecified atom stereocenters. The minimum absolute atomic E-state index is 0.202. The van der Waals surface area contributed by atoms with Crippen molar-refractivity contribution in [1.82, 2.24) is 9.55 Å². The standard InChI is InChI=1S/C16H12N4O/c1-20-10-18-14-8-12(4-7-15(14)20)16(21)19-13-5-2-11(9-17)3-6-13/h2-8,10H,1H3,(H,19,21). The highest BCUT2D eigenvalue weighted by Gasteiger charge is 2.08. The maximum Gasteiger partial charge on any atom is 0.255 e. The van der Waals surface area contributed by atoms with Gasteiger partial charge in [0.15, 0.2) is 0 Å². The Morgan fingerprint density at radius 2 is 2.00 bits per heavy atom. The summed E-state index contributed by atoms with van der Waals surface area (Å²) < 4.78 is 1.90. The summed E-state index contributed by atoms with van der Waals surface area (Å²) in [5.74, 6) is -0.202. The molecule has 1 N–H and O–H groups in total. The van der Waals surface area contributed by atoms with Crippen molar-refractivity contribution in [1.29, 1.82) is 5.26 Å². The minimum atomic E-state index is -0.202. The van der Waals surface area contributed by atoms with Crippen LogP contribution in [-0.2, 0) is 7.05 Å². The van der Waals surface area contributed by atoms with Crippen molar-refractivity contribution in [2.75, 3.05) is 5.32 Å². The molecule has 1 heterocycles. The second-order valence-corrected chi connectivity index (χ2v) is 4.70. The van der Waals surface area contributed by atoms with Crippen LogP contribution in [0.4, 0.5) is 5.69 Å². The van der Waals surface area contributed by atoms with Gasteiger partial charge in [-0.3, -0.25) is 4.79 Å². The van der Waals surface area contributed by atoms with Crippen LogP contribution in [0, 0.1) is 11.3 Å². The van der Waals surface area contributed by atoms with E-state index in [0.29, 0.717) is 16.8 Å². The Bertz CT molecular complexity index is 856. The fourth-order valence-electron chi connectivity index (χ4n) is 2.11. The molecule has 21 heavy (non-hydrogen) atoms. The first kappa shape index (κ1) is 12.9. The molecule has 0 radical (unpaired) electrons. The van der Waals surface area contributed by atoms with E-state index < -0.39 is 0 Å². The number of nitriles is 1. The highest BCUT2D eigenvalue weighted by molar-refractivity contribution is 6.05. The van der Waals surface area contributed by atoms with Gasteiger partial charge in [-0.05, 0) is 42.5 Å². The smallest absolute Gasteiger partial charge is 0.255 e. The molecule has 0 bridgehead atoms. The van der Waals surface area contributed by atoms with Crippen molar-refractivity contribution in [2.24, 2.45) is 7.05 Å². The van der Waals surface area contributed by atoms with E-state index in [2.05, 4.69) is 10.3 Å². The fraction of sp³-hybridized carbons (Fsp3) is 0.0625. The molecule has 0 aliphatic heterocycles. The van der Waals surface area contributed by atoms with Crippen molar-refractivity contribution >= 4 is 22.6 Å². The van der Waals surface area contributed by atoms with Crippen molar-refractivity contribution in [3.8, 4) is 6.07 Å². The predicted octanol–water partition coefficient (Wildman–Crippen LogP) is 2.70. The second kappa shape index (κ2) is 5.10. The molecule has 0 atom stereocenters. The average Bonchev–Trinajstić information content (AvgIpc) is 2.89. The first-order chi connectivity index (χ1) is 10.2. The lowest BCUT2D eigenvalue weighted by Crippen LogP contribution is -2.11. The summed E-state index contributed by atoms with van der Waals surface area (Å²) in [4.78, 5) is 16.4. The van der Waals surface area contributed by atoms with Gasteiger partial charge in [-0.25, -0.2) is 4.98 Å². The molecule has 102 valence electrons. The van der Waals surface area contributed by atoms with Gasteiger partial charge < -0.3 is 9.88 Å². The zero-order chi connectivity index (χ0) is 14.8. The van der Waals surface area contributed by atoms with Crippen LogP contribution in [0.3, 0.4) is 0 Å². The normalized spacial score (nSPS) is 10.3. The monoisotopic (exact) mass is 276 g/mol. The lowest BCUT2D eigenvalue weighted by molar-refractivity contribution is 0.102. The van der Waals surface area contributed by atoms with Crippen LogP contribution in [0.5, 0.6) is 0 Å². The molecule has 3 rings (SSSR count). The van der Waals surface area contributed by atoms with Crippen molar-refractivity contribution in [3.05, 3.63) is 59.9 Å². The Hall–Kier alpha value is -3.13. The highest BCUT2D eigenvalue weighted by Crippen LogP contribution is 2.16. The number of carbonyl (C=O) groups is 1. The summed E-state index contributed by atoms with van der Waals surface area (Å²) in [7, 11) is 1.91. The fourth-order valence-corrected chi connectivity index (χ4v) is 2.11. The molecule has 0 spiro atoms. The van der Waals surface area contributed by atoms with Crippen molar-refractivity contribution in [3.63, 3.8) is 0 Å². The van der Waals surface area contributed by atoms with Crippen LogP contribution in [-0.4, -0.2) is 15.5 Å². The van der Waals surface area contributed by atoms with E-state index >= 15 is 0 Å². The molecule has 0 aliphatic rings. The molecular weight excluding hydrogens is 264 g/mol. The van der Waals surface area contributed by atoms with Gasteiger partial charge in [0.05, 0.1) is 29.0 Å². The molecule has 1 aromatic heterocycles. The number of nitrogens with one attached hydrogen (secondary N) is 1. The van der Waals surface area contributed by atoms with E-state index in [1.54, 1.807) is 42.7 Å². The Labute approximate surface area is 121 Å². The Kier molecular flexibility index (Phi) is 3.13. The first-order valence-corrected chi connectivity index (χ1v) is 6.40. The van der Waals surface area contributed by atoms with E-state index in [9.17, 15) is 4.79 Å². The third-order valence-corrected chi connectivity index (χ3v) is 3.26. The number of amides is 1. The van der Waals surface area contributed by atoms with Crippen molar-refractivity contribution < 1.29 is 4.79 Å². The Morgan fingerprint density at radius 3 is 2.71 bits per heavy atom. The Balaban J connectivity index is 1.84. The van der Waals surface area contributed by atoms with E-state index in [-0.39, 0.29) is 5.91 Å². The maximum atomic E-state index is 12.2. The van der Waals surface area contributed by atoms with Crippen LogP contribution in [0.2, 0.25) is 0 Å². The summed E-state index contributed by atoms with van der Waals surface area (Å²) in [6.45, 7) is 0. The van der Waals surface area contributed by atoms with Gasteiger partial charge in [0.2, 0.25) is 0 Å². The zero-order valence-electron chi connectivity index (χ0n) is 11.4. The summed E-state index contributed by atoms with van der Waals surface area (Å²) in [5.41, 5.74) is 3.52. The number of benzene rings is 2. The summed E-state index contributed by atoms with van der Waals surface area (Å²) >= 11 is 0. The lowest BCUT2D eigenvalue weighted by atomic mass is 10.1. The average molecular weight is 276 g/mol. The van der Waals surface area contributed by atoms with Crippen LogP contribution < -0.4 is 5.32 Å². The molecule has 0 saturated heterocycles. The number of aryl methyl sites for hydroxylation is 1. The number of aromatic nitrogens is 2. The number of hydrogen-bond acceptors (Lipinski definition) is 3. The van der Waals surface area contributed by atoms with Crippen LogP contribution in [0.15, 0.2) is 48.8 Å². The van der Waals surface area contributed by atoms with Crippen LogP contribution >= 0.6 is 0 Å². The number of imidazole rings is 1. The number of anilines is 1. The third-order valence-electron chi connectivity index (χ3n) is 3.26. The molecule has 2 aromatic carbocycles. The van der Waals surface area contributed by atoms with Gasteiger partial charge in [-0.2, -0.15) is 5.26 Å². The molecule has 0 saturated carbocycles. The molecule has 1 amide bonds. The lowest BCUT2D eigenvalue weighted by Gasteiger charge is -2.05. The van der Waals surface area contributed by atoms with E-state index in [4.69, 9.17) is 5.26 Å². The topological polar surface area (TPSA) is 70.7 Å². The van der Waals surface area contributed by atoms with Gasteiger partial charge in [-0.1, -0.05) is 0 Å². The SMILES string of the molecule is Cn1cnc2cc(C(=O)Nc3ccc(C#N)cc3)ccc21. The van der Waals surface area contributed by atoms with E-state index in [1.165, 1.54) is 0 Å². The predicted molar refractivity (Wildman–Crippen MR) is 79.8 cm³/mol. The summed E-state index contributed by atoms with van der Waals surface area (Å²) in [6, 6.07) is 14.2. The number of nitrogens with zero attached hydrogens (tertiary/aromatic N) is 3. The number of carbonyl (C=O) groups excluding carboxylic acids is 1. The van der Waals surface area contributed by atoms with Gasteiger partial charge in [-0.15, -0.1) is 0 Å². The second-order valence-electron chi connectivity index (χ2n) is 4.70. The van der Waals surface area contributed by atoms with E-state index in [0.717, 1.165) is 11.0 Å². The maximum absolute atomic E-state index is 12.2. The summed E-state index contributed by atoms with van der Waals surface area (Å²) in [5, 5.41) is 11.5. The number of fused-ring (bicyclic) bond motifs is 1. The molecule has 5 nitrogen and oxygen atoms in total. The Morgan fingerprint density at radius 1 is 1.24 bits per heavy atom. The minimum Gasteiger partial charge on any atom is -0.334 e. The first-order valence-electron chi connectivity index (χ1n) is 6.40. The highest BCUT2D eigenvalue weighted by atomic mass is 16.1. The van der Waals surface area contributed by atoms with Gasteiger partial charge >= 0.3 is 0 Å². The van der Waals surface area contributed by atoms with Gasteiger partial charge in [0, 0.05) is 18.3 Å². The van der Waals surface area contributed by atoms with E-state index in [1.807, 2.05) is 23.8 Å². The molecule has 0 fully saturated rings. The molecule has 0 aliphatic carbocycles. The number of hydrogen-bond donors (Lipinski definition) is 1. The van der Waals surface area contributed by atoms with Crippen molar-refractivity contribution in [2.45, 2.75) is 0 Å². The van der Waals surface area contributed by atoms with Crippen LogP contribution in [0.1, 0.15) is 15.9 Å². The molecule has 3 aromatic rings. The number of rotatable bonds is 2. The van der Waals surface area contributed by atoms with Gasteiger partial charge in [0.25, 0.3) is 5.91 Å². The molecule has 5 heteroatoms. The largest absolute Gasteiger partial charge is 0.334 e. The zero-order valence-corrected chi connectivity index (χ0v) is 11.4. The van der Waals surface area contributed by atoms with Crippen LogP contribution in [0.25, 0.3) is 11.0 Å². The molecular formula is C16H12N4O. The third kappa shape index (κ3) is 2.47. The quantitative estimate of drug-likeness (QED) is 0.782.